The maximum atomic E-state index is 12.0. The fourth-order valence-electron chi connectivity index (χ4n) is 2.34. The number of benzene rings is 2. The Hall–Kier alpha value is -2.75. The van der Waals surface area contributed by atoms with Crippen molar-refractivity contribution >= 4 is 11.5 Å². The number of nitrogens with one attached hydrogen (secondary N) is 1. The van der Waals surface area contributed by atoms with E-state index in [0.717, 1.165) is 34.6 Å². The molecule has 0 atom stereocenters. The zero-order chi connectivity index (χ0) is 17.4. The molecule has 0 saturated carbocycles. The number of carbonyl (C=O) groups excluding carboxylic acids is 1. The highest BCUT2D eigenvalue weighted by atomic mass is 16.5. The van der Waals surface area contributed by atoms with Gasteiger partial charge < -0.3 is 14.8 Å². The summed E-state index contributed by atoms with van der Waals surface area (Å²) < 4.78 is 10.3. The summed E-state index contributed by atoms with van der Waals surface area (Å²) in [4.78, 5) is 12.0. The van der Waals surface area contributed by atoms with Crippen LogP contribution in [0.5, 0.6) is 11.5 Å². The molecule has 2 aromatic rings. The molecule has 4 heteroatoms. The van der Waals surface area contributed by atoms with Crippen LogP contribution in [0.2, 0.25) is 0 Å². The summed E-state index contributed by atoms with van der Waals surface area (Å²) in [5.41, 5.74) is 3.04. The molecule has 1 N–H and O–H groups in total. The van der Waals surface area contributed by atoms with Gasteiger partial charge in [0.25, 0.3) is 0 Å². The molecule has 0 spiro atoms. The Labute approximate surface area is 143 Å². The van der Waals surface area contributed by atoms with Crippen LogP contribution in [0.1, 0.15) is 18.1 Å². The van der Waals surface area contributed by atoms with Crippen molar-refractivity contribution in [1.82, 2.24) is 5.32 Å². The predicted octanol–water partition coefficient (Wildman–Crippen LogP) is 3.47. The monoisotopic (exact) mass is 325 g/mol. The molecule has 24 heavy (non-hydrogen) atoms. The van der Waals surface area contributed by atoms with E-state index in [0.29, 0.717) is 6.54 Å². The molecular weight excluding hydrogens is 302 g/mol. The number of methoxy groups -OCH3 is 2. The van der Waals surface area contributed by atoms with Gasteiger partial charge in [-0.05, 0) is 54.3 Å². The number of ether oxygens (including phenoxy) is 2. The molecule has 4 nitrogen and oxygen atoms in total. The fraction of sp³-hybridized carbons (Fsp3) is 0.250. The summed E-state index contributed by atoms with van der Waals surface area (Å²) in [7, 11) is 3.28. The second-order valence-corrected chi connectivity index (χ2v) is 5.45. The standard InChI is InChI=1S/C20H23NO3/c1-15(17-7-9-18(23-2)10-8-17)13-20(22)21-12-11-16-5-4-6-19(14-16)24-3/h4-10,13-14H,11-12H2,1-3H3,(H,21,22)/b15-13+. The van der Waals surface area contributed by atoms with E-state index in [2.05, 4.69) is 5.32 Å². The molecule has 0 saturated heterocycles. The molecule has 0 fully saturated rings. The van der Waals surface area contributed by atoms with E-state index in [-0.39, 0.29) is 5.91 Å². The molecule has 0 aliphatic rings. The van der Waals surface area contributed by atoms with Crippen molar-refractivity contribution in [1.29, 1.82) is 0 Å². The number of hydrogen-bond acceptors (Lipinski definition) is 3. The van der Waals surface area contributed by atoms with Crippen molar-refractivity contribution in [3.05, 3.63) is 65.7 Å². The molecule has 0 aromatic heterocycles. The van der Waals surface area contributed by atoms with Crippen LogP contribution in [0.4, 0.5) is 0 Å². The van der Waals surface area contributed by atoms with Gasteiger partial charge in [0.15, 0.2) is 0 Å². The van der Waals surface area contributed by atoms with Gasteiger partial charge in [0, 0.05) is 12.6 Å². The van der Waals surface area contributed by atoms with E-state index in [1.807, 2.05) is 55.5 Å². The summed E-state index contributed by atoms with van der Waals surface area (Å²) in [5, 5.41) is 2.91. The third kappa shape index (κ3) is 5.16. The van der Waals surface area contributed by atoms with Crippen LogP contribution in [0.25, 0.3) is 5.57 Å². The number of carbonyl (C=O) groups is 1. The molecule has 2 aromatic carbocycles. The first-order valence-electron chi connectivity index (χ1n) is 7.86. The first-order valence-corrected chi connectivity index (χ1v) is 7.86. The highest BCUT2D eigenvalue weighted by molar-refractivity contribution is 5.94. The Kier molecular flexibility index (Phi) is 6.43. The van der Waals surface area contributed by atoms with E-state index in [4.69, 9.17) is 9.47 Å². The van der Waals surface area contributed by atoms with Gasteiger partial charge in [-0.25, -0.2) is 0 Å². The SMILES string of the molecule is COc1ccc(/C(C)=C/C(=O)NCCc2cccc(OC)c2)cc1. The topological polar surface area (TPSA) is 47.6 Å². The highest BCUT2D eigenvalue weighted by Crippen LogP contribution is 2.18. The molecule has 1 amide bonds. The van der Waals surface area contributed by atoms with Gasteiger partial charge in [0.2, 0.25) is 5.91 Å². The summed E-state index contributed by atoms with van der Waals surface area (Å²) in [6, 6.07) is 15.5. The molecule has 0 radical (unpaired) electrons. The second-order valence-electron chi connectivity index (χ2n) is 5.45. The minimum atomic E-state index is -0.0915. The van der Waals surface area contributed by atoms with Crippen molar-refractivity contribution in [2.75, 3.05) is 20.8 Å². The first kappa shape index (κ1) is 17.6. The molecule has 0 heterocycles. The third-order valence-electron chi connectivity index (χ3n) is 3.74. The lowest BCUT2D eigenvalue weighted by Gasteiger charge is -2.06. The lowest BCUT2D eigenvalue weighted by molar-refractivity contribution is -0.116. The van der Waals surface area contributed by atoms with Crippen LogP contribution in [0.3, 0.4) is 0 Å². The quantitative estimate of drug-likeness (QED) is 0.793. The lowest BCUT2D eigenvalue weighted by atomic mass is 10.1. The summed E-state index contributed by atoms with van der Waals surface area (Å²) >= 11 is 0. The van der Waals surface area contributed by atoms with Gasteiger partial charge in [0.1, 0.15) is 11.5 Å². The van der Waals surface area contributed by atoms with Gasteiger partial charge in [-0.15, -0.1) is 0 Å². The minimum absolute atomic E-state index is 0.0915. The predicted molar refractivity (Wildman–Crippen MR) is 96.4 cm³/mol. The van der Waals surface area contributed by atoms with Crippen LogP contribution >= 0.6 is 0 Å². The van der Waals surface area contributed by atoms with Crippen molar-refractivity contribution in [2.45, 2.75) is 13.3 Å². The van der Waals surface area contributed by atoms with Gasteiger partial charge in [-0.1, -0.05) is 24.3 Å². The molecule has 126 valence electrons. The molecule has 0 aliphatic heterocycles. The van der Waals surface area contributed by atoms with Gasteiger partial charge in [-0.3, -0.25) is 4.79 Å². The number of rotatable bonds is 7. The third-order valence-corrected chi connectivity index (χ3v) is 3.74. The Balaban J connectivity index is 1.87. The smallest absolute Gasteiger partial charge is 0.244 e. The van der Waals surface area contributed by atoms with Crippen molar-refractivity contribution in [3.8, 4) is 11.5 Å². The summed E-state index contributed by atoms with van der Waals surface area (Å²) in [5.74, 6) is 1.54. The van der Waals surface area contributed by atoms with Crippen molar-refractivity contribution < 1.29 is 14.3 Å². The zero-order valence-corrected chi connectivity index (χ0v) is 14.3. The van der Waals surface area contributed by atoms with Crippen LogP contribution in [0, 0.1) is 0 Å². The van der Waals surface area contributed by atoms with Crippen LogP contribution in [-0.2, 0) is 11.2 Å². The Morgan fingerprint density at radius 2 is 1.75 bits per heavy atom. The highest BCUT2D eigenvalue weighted by Gasteiger charge is 2.02. The molecule has 0 aliphatic carbocycles. The summed E-state index contributed by atoms with van der Waals surface area (Å²) in [6.07, 6.45) is 2.38. The Morgan fingerprint density at radius 1 is 1.04 bits per heavy atom. The van der Waals surface area contributed by atoms with E-state index >= 15 is 0 Å². The maximum Gasteiger partial charge on any atom is 0.244 e. The first-order chi connectivity index (χ1) is 11.6. The molecule has 2 rings (SSSR count). The Bertz CT molecular complexity index is 705. The normalized spacial score (nSPS) is 11.0. The van der Waals surface area contributed by atoms with E-state index in [1.54, 1.807) is 20.3 Å². The number of hydrogen-bond donors (Lipinski definition) is 1. The molecular formula is C20H23NO3. The Morgan fingerprint density at radius 3 is 2.42 bits per heavy atom. The van der Waals surface area contributed by atoms with Crippen LogP contribution < -0.4 is 14.8 Å². The van der Waals surface area contributed by atoms with Crippen molar-refractivity contribution in [3.63, 3.8) is 0 Å². The lowest BCUT2D eigenvalue weighted by Crippen LogP contribution is -2.23. The fourth-order valence-corrected chi connectivity index (χ4v) is 2.34. The molecule has 0 bridgehead atoms. The van der Waals surface area contributed by atoms with Crippen LogP contribution in [0.15, 0.2) is 54.6 Å². The van der Waals surface area contributed by atoms with Crippen LogP contribution in [-0.4, -0.2) is 26.7 Å². The molecule has 0 unspecified atom stereocenters. The summed E-state index contributed by atoms with van der Waals surface area (Å²) in [6.45, 7) is 2.50. The van der Waals surface area contributed by atoms with Gasteiger partial charge in [0.05, 0.1) is 14.2 Å². The maximum absolute atomic E-state index is 12.0. The second kappa shape index (κ2) is 8.77. The average molecular weight is 325 g/mol. The number of allylic oxidation sites excluding steroid dienone is 1. The largest absolute Gasteiger partial charge is 0.497 e. The van der Waals surface area contributed by atoms with Crippen molar-refractivity contribution in [2.24, 2.45) is 0 Å². The average Bonchev–Trinajstić information content (AvgIpc) is 2.62. The minimum Gasteiger partial charge on any atom is -0.497 e. The van der Waals surface area contributed by atoms with E-state index < -0.39 is 0 Å². The van der Waals surface area contributed by atoms with Gasteiger partial charge in [-0.2, -0.15) is 0 Å². The van der Waals surface area contributed by atoms with E-state index in [1.165, 1.54) is 0 Å². The van der Waals surface area contributed by atoms with E-state index in [9.17, 15) is 4.79 Å². The van der Waals surface area contributed by atoms with Gasteiger partial charge >= 0.3 is 0 Å². The number of amides is 1. The zero-order valence-electron chi connectivity index (χ0n) is 14.3.